The van der Waals surface area contributed by atoms with Gasteiger partial charge < -0.3 is 9.84 Å². The number of carbonyl (C=O) groups is 1. The molecule has 0 radical (unpaired) electrons. The number of amides is 1. The Bertz CT molecular complexity index is 366. The highest BCUT2D eigenvalue weighted by Crippen LogP contribution is 2.24. The van der Waals surface area contributed by atoms with Crippen molar-refractivity contribution in [3.8, 4) is 0 Å². The molecule has 1 amide bonds. The molecule has 86 valence electrons. The highest BCUT2D eigenvalue weighted by atomic mass is 16.5. The first kappa shape index (κ1) is 11.0. The van der Waals surface area contributed by atoms with Crippen molar-refractivity contribution < 1.29 is 14.6 Å². The van der Waals surface area contributed by atoms with Gasteiger partial charge in [0.2, 0.25) is 0 Å². The Labute approximate surface area is 94.4 Å². The summed E-state index contributed by atoms with van der Waals surface area (Å²) >= 11 is 0. The number of rotatable bonds is 3. The van der Waals surface area contributed by atoms with Crippen molar-refractivity contribution in [2.24, 2.45) is 0 Å². The van der Waals surface area contributed by atoms with E-state index in [1.54, 1.807) is 7.11 Å². The summed E-state index contributed by atoms with van der Waals surface area (Å²) in [6, 6.07) is 9.83. The number of likely N-dealkylation sites (tertiary alicyclic amines) is 1. The van der Waals surface area contributed by atoms with Crippen molar-refractivity contribution in [1.82, 2.24) is 4.90 Å². The van der Waals surface area contributed by atoms with Gasteiger partial charge in [-0.2, -0.15) is 0 Å². The quantitative estimate of drug-likeness (QED) is 0.843. The predicted molar refractivity (Wildman–Crippen MR) is 59.5 cm³/mol. The summed E-state index contributed by atoms with van der Waals surface area (Å²) in [5, 5.41) is 8.97. The summed E-state index contributed by atoms with van der Waals surface area (Å²) < 4.78 is 5.25. The number of carboxylic acid groups (broad SMARTS) is 1. The van der Waals surface area contributed by atoms with Gasteiger partial charge in [-0.3, -0.25) is 4.90 Å². The summed E-state index contributed by atoms with van der Waals surface area (Å²) in [6.45, 7) is 0.476. The number of hydrogen-bond acceptors (Lipinski definition) is 2. The first-order valence-electron chi connectivity index (χ1n) is 5.28. The Kier molecular flexibility index (Phi) is 3.10. The molecule has 2 atom stereocenters. The standard InChI is InChI=1S/C12H15NO3/c1-16-11-8-13(12(14)15)10(11)7-9-5-3-2-4-6-9/h2-6,10-11H,7-8H2,1H3,(H,14,15)/t10-,11+/m0/s1. The molecule has 1 fully saturated rings. The van der Waals surface area contributed by atoms with E-state index < -0.39 is 6.09 Å². The summed E-state index contributed by atoms with van der Waals surface area (Å²) in [6.07, 6.45) is -0.128. The van der Waals surface area contributed by atoms with E-state index in [2.05, 4.69) is 0 Å². The molecule has 0 unspecified atom stereocenters. The molecule has 0 spiro atoms. The second kappa shape index (κ2) is 4.53. The molecule has 1 saturated heterocycles. The normalized spacial score (nSPS) is 23.9. The lowest BCUT2D eigenvalue weighted by Crippen LogP contribution is -2.63. The van der Waals surface area contributed by atoms with E-state index in [0.717, 1.165) is 5.56 Å². The van der Waals surface area contributed by atoms with Gasteiger partial charge in [0.15, 0.2) is 0 Å². The largest absolute Gasteiger partial charge is 0.465 e. The van der Waals surface area contributed by atoms with Crippen LogP contribution in [0.1, 0.15) is 5.56 Å². The number of methoxy groups -OCH3 is 1. The van der Waals surface area contributed by atoms with E-state index in [9.17, 15) is 4.79 Å². The fourth-order valence-electron chi connectivity index (χ4n) is 2.06. The van der Waals surface area contributed by atoms with Gasteiger partial charge in [0.05, 0.1) is 18.7 Å². The Morgan fingerprint density at radius 3 is 2.75 bits per heavy atom. The van der Waals surface area contributed by atoms with Gasteiger partial charge in [0, 0.05) is 7.11 Å². The smallest absolute Gasteiger partial charge is 0.407 e. The van der Waals surface area contributed by atoms with Crippen LogP contribution in [0.2, 0.25) is 0 Å². The van der Waals surface area contributed by atoms with Gasteiger partial charge in [-0.15, -0.1) is 0 Å². The van der Waals surface area contributed by atoms with E-state index in [0.29, 0.717) is 13.0 Å². The summed E-state index contributed by atoms with van der Waals surface area (Å²) in [5.74, 6) is 0. The van der Waals surface area contributed by atoms with Crippen LogP contribution in [-0.4, -0.2) is 41.9 Å². The minimum atomic E-state index is -0.866. The van der Waals surface area contributed by atoms with Crippen molar-refractivity contribution in [3.63, 3.8) is 0 Å². The molecule has 1 aliphatic heterocycles. The topological polar surface area (TPSA) is 49.8 Å². The molecule has 4 nitrogen and oxygen atoms in total. The first-order valence-corrected chi connectivity index (χ1v) is 5.28. The number of hydrogen-bond donors (Lipinski definition) is 1. The van der Waals surface area contributed by atoms with Crippen molar-refractivity contribution >= 4 is 6.09 Å². The molecule has 0 bridgehead atoms. The van der Waals surface area contributed by atoms with E-state index in [-0.39, 0.29) is 12.1 Å². The first-order chi connectivity index (χ1) is 7.72. The van der Waals surface area contributed by atoms with Crippen LogP contribution >= 0.6 is 0 Å². The lowest BCUT2D eigenvalue weighted by molar-refractivity contribution is -0.0694. The zero-order valence-electron chi connectivity index (χ0n) is 9.17. The second-order valence-corrected chi connectivity index (χ2v) is 3.97. The van der Waals surface area contributed by atoms with E-state index in [1.165, 1.54) is 4.90 Å². The van der Waals surface area contributed by atoms with Crippen LogP contribution in [-0.2, 0) is 11.2 Å². The lowest BCUT2D eigenvalue weighted by Gasteiger charge is -2.45. The third-order valence-electron chi connectivity index (χ3n) is 3.04. The number of benzene rings is 1. The van der Waals surface area contributed by atoms with Crippen LogP contribution < -0.4 is 0 Å². The van der Waals surface area contributed by atoms with Crippen LogP contribution in [0, 0.1) is 0 Å². The second-order valence-electron chi connectivity index (χ2n) is 3.97. The fraction of sp³-hybridized carbons (Fsp3) is 0.417. The van der Waals surface area contributed by atoms with Crippen molar-refractivity contribution in [1.29, 1.82) is 0 Å². The molecular formula is C12H15NO3. The molecule has 1 aliphatic rings. The van der Waals surface area contributed by atoms with Crippen LogP contribution in [0.4, 0.5) is 4.79 Å². The predicted octanol–water partition coefficient (Wildman–Crippen LogP) is 1.61. The van der Waals surface area contributed by atoms with Gasteiger partial charge in [-0.05, 0) is 12.0 Å². The van der Waals surface area contributed by atoms with Crippen LogP contribution in [0.5, 0.6) is 0 Å². The van der Waals surface area contributed by atoms with E-state index in [4.69, 9.17) is 9.84 Å². The molecule has 0 aromatic heterocycles. The van der Waals surface area contributed by atoms with Gasteiger partial charge in [-0.1, -0.05) is 30.3 Å². The maximum Gasteiger partial charge on any atom is 0.407 e. The summed E-state index contributed by atoms with van der Waals surface area (Å²) in [4.78, 5) is 12.3. The average molecular weight is 221 g/mol. The van der Waals surface area contributed by atoms with Gasteiger partial charge >= 0.3 is 6.09 Å². The Balaban J connectivity index is 2.04. The van der Waals surface area contributed by atoms with Crippen LogP contribution in [0.25, 0.3) is 0 Å². The van der Waals surface area contributed by atoms with Crippen LogP contribution in [0.15, 0.2) is 30.3 Å². The van der Waals surface area contributed by atoms with Crippen LogP contribution in [0.3, 0.4) is 0 Å². The molecule has 2 rings (SSSR count). The third kappa shape index (κ3) is 2.02. The average Bonchev–Trinajstić information content (AvgIpc) is 2.26. The molecule has 1 heterocycles. The Hall–Kier alpha value is -1.55. The molecule has 1 aromatic carbocycles. The molecule has 0 saturated carbocycles. The molecule has 1 N–H and O–H groups in total. The van der Waals surface area contributed by atoms with Crippen molar-refractivity contribution in [3.05, 3.63) is 35.9 Å². The minimum absolute atomic E-state index is 0.0244. The SMILES string of the molecule is CO[C@@H]1CN(C(=O)O)[C@H]1Cc1ccccc1. The van der Waals surface area contributed by atoms with Crippen molar-refractivity contribution in [2.75, 3.05) is 13.7 Å². The monoisotopic (exact) mass is 221 g/mol. The maximum absolute atomic E-state index is 10.9. The summed E-state index contributed by atoms with van der Waals surface area (Å²) in [7, 11) is 1.63. The Morgan fingerprint density at radius 2 is 2.19 bits per heavy atom. The number of nitrogens with zero attached hydrogens (tertiary/aromatic N) is 1. The lowest BCUT2D eigenvalue weighted by atomic mass is 9.93. The van der Waals surface area contributed by atoms with Gasteiger partial charge in [0.25, 0.3) is 0 Å². The molecular weight excluding hydrogens is 206 g/mol. The zero-order chi connectivity index (χ0) is 11.5. The third-order valence-corrected chi connectivity index (χ3v) is 3.04. The molecule has 4 heteroatoms. The Morgan fingerprint density at radius 1 is 1.50 bits per heavy atom. The highest BCUT2D eigenvalue weighted by molar-refractivity contribution is 5.67. The highest BCUT2D eigenvalue weighted by Gasteiger charge is 2.42. The fourth-order valence-corrected chi connectivity index (χ4v) is 2.06. The van der Waals surface area contributed by atoms with Gasteiger partial charge in [0.1, 0.15) is 0 Å². The maximum atomic E-state index is 10.9. The zero-order valence-corrected chi connectivity index (χ0v) is 9.17. The minimum Gasteiger partial charge on any atom is -0.465 e. The summed E-state index contributed by atoms with van der Waals surface area (Å²) in [5.41, 5.74) is 1.14. The van der Waals surface area contributed by atoms with E-state index in [1.807, 2.05) is 30.3 Å². The number of ether oxygens (including phenoxy) is 1. The molecule has 0 aliphatic carbocycles. The van der Waals surface area contributed by atoms with E-state index >= 15 is 0 Å². The van der Waals surface area contributed by atoms with Crippen molar-refractivity contribution in [2.45, 2.75) is 18.6 Å². The van der Waals surface area contributed by atoms with Gasteiger partial charge in [-0.25, -0.2) is 4.79 Å². The molecule has 1 aromatic rings. The molecule has 16 heavy (non-hydrogen) atoms.